The van der Waals surface area contributed by atoms with E-state index >= 15 is 0 Å². The first-order valence-electron chi connectivity index (χ1n) is 8.66. The van der Waals surface area contributed by atoms with Crippen LogP contribution in [-0.2, 0) is 19.1 Å². The van der Waals surface area contributed by atoms with Crippen molar-refractivity contribution in [1.82, 2.24) is 0 Å². The van der Waals surface area contributed by atoms with Crippen LogP contribution in [0.3, 0.4) is 0 Å². The van der Waals surface area contributed by atoms with Gasteiger partial charge in [-0.25, -0.2) is 0 Å². The van der Waals surface area contributed by atoms with Gasteiger partial charge in [0.2, 0.25) is 0 Å². The van der Waals surface area contributed by atoms with E-state index in [1.807, 2.05) is 0 Å². The van der Waals surface area contributed by atoms with Crippen molar-refractivity contribution in [3.8, 4) is 0 Å². The van der Waals surface area contributed by atoms with Crippen LogP contribution >= 0.6 is 0 Å². The van der Waals surface area contributed by atoms with E-state index in [-0.39, 0.29) is 18.7 Å². The molecule has 1 heterocycles. The summed E-state index contributed by atoms with van der Waals surface area (Å²) in [5.74, 6) is -0.841. The van der Waals surface area contributed by atoms with Crippen LogP contribution in [0.2, 0.25) is 0 Å². The Kier molecular flexibility index (Phi) is 13.7. The maximum atomic E-state index is 11.2. The molecule has 2 atom stereocenters. The fourth-order valence-electron chi connectivity index (χ4n) is 2.11. The van der Waals surface area contributed by atoms with Crippen molar-refractivity contribution in [2.45, 2.75) is 83.8 Å². The molecule has 6 nitrogen and oxygen atoms in total. The molecule has 1 aliphatic rings. The maximum Gasteiger partial charge on any atom is 0.305 e. The second-order valence-electron chi connectivity index (χ2n) is 5.84. The van der Waals surface area contributed by atoms with Crippen LogP contribution in [0.25, 0.3) is 0 Å². The van der Waals surface area contributed by atoms with E-state index in [0.29, 0.717) is 25.9 Å². The van der Waals surface area contributed by atoms with Crippen molar-refractivity contribution >= 4 is 11.9 Å². The van der Waals surface area contributed by atoms with Crippen LogP contribution in [0.15, 0.2) is 0 Å². The van der Waals surface area contributed by atoms with Gasteiger partial charge in [-0.05, 0) is 12.8 Å². The molecule has 6 heteroatoms. The van der Waals surface area contributed by atoms with Crippen LogP contribution in [0.4, 0.5) is 0 Å². The van der Waals surface area contributed by atoms with Crippen LogP contribution in [-0.4, -0.2) is 47.6 Å². The van der Waals surface area contributed by atoms with Crippen molar-refractivity contribution in [2.75, 3.05) is 13.2 Å². The summed E-state index contributed by atoms with van der Waals surface area (Å²) in [7, 11) is 0. The third-order valence-electron chi connectivity index (χ3n) is 3.47. The highest BCUT2D eigenvalue weighted by molar-refractivity contribution is 5.69. The molecule has 0 amide bonds. The molecule has 2 unspecified atom stereocenters. The Bertz CT molecular complexity index is 318. The summed E-state index contributed by atoms with van der Waals surface area (Å²) >= 11 is 0. The largest absolute Gasteiger partial charge is 0.481 e. The van der Waals surface area contributed by atoms with Crippen LogP contribution in [0, 0.1) is 0 Å². The van der Waals surface area contributed by atoms with E-state index in [9.17, 15) is 14.7 Å². The van der Waals surface area contributed by atoms with E-state index in [1.54, 1.807) is 0 Å². The Balaban J connectivity index is 0.000000515. The molecule has 23 heavy (non-hydrogen) atoms. The lowest BCUT2D eigenvalue weighted by molar-refractivity contribution is -0.147. The molecular weight excluding hydrogens is 300 g/mol. The third-order valence-corrected chi connectivity index (χ3v) is 3.47. The highest BCUT2D eigenvalue weighted by Gasteiger charge is 2.24. The average Bonchev–Trinajstić information content (AvgIpc) is 2.92. The number of aliphatic hydroxyl groups is 1. The summed E-state index contributed by atoms with van der Waals surface area (Å²) < 4.78 is 10.3. The molecule has 1 rings (SSSR count). The average molecular weight is 332 g/mol. The number of hydrogen-bond donors (Lipinski definition) is 2. The highest BCUT2D eigenvalue weighted by Crippen LogP contribution is 2.13. The van der Waals surface area contributed by atoms with Gasteiger partial charge in [0.25, 0.3) is 0 Å². The first-order chi connectivity index (χ1) is 11.0. The number of carbonyl (C=O) groups is 2. The van der Waals surface area contributed by atoms with Crippen LogP contribution < -0.4 is 0 Å². The normalized spacial score (nSPS) is 19.8. The lowest BCUT2D eigenvalue weighted by Gasteiger charge is -2.09. The lowest BCUT2D eigenvalue weighted by Crippen LogP contribution is -2.18. The van der Waals surface area contributed by atoms with Gasteiger partial charge in [-0.1, -0.05) is 39.5 Å². The SMILES string of the molecule is CCCCCC(=O)O.CCCCCC(=O)OCC1CC(O)CO1. The molecule has 1 fully saturated rings. The summed E-state index contributed by atoms with van der Waals surface area (Å²) in [5.41, 5.74) is 0. The molecule has 136 valence electrons. The van der Waals surface area contributed by atoms with Gasteiger partial charge in [0.15, 0.2) is 0 Å². The van der Waals surface area contributed by atoms with Crippen molar-refractivity contribution in [3.05, 3.63) is 0 Å². The first kappa shape index (κ1) is 21.9. The summed E-state index contributed by atoms with van der Waals surface area (Å²) in [6.45, 7) is 4.79. The number of ether oxygens (including phenoxy) is 2. The number of hydrogen-bond acceptors (Lipinski definition) is 5. The minimum atomic E-state index is -0.682. The third kappa shape index (κ3) is 14.2. The topological polar surface area (TPSA) is 93.1 Å². The minimum absolute atomic E-state index is 0.116. The number of carboxylic acids is 1. The molecule has 0 aliphatic carbocycles. The number of esters is 1. The zero-order valence-electron chi connectivity index (χ0n) is 14.5. The zero-order chi connectivity index (χ0) is 17.5. The van der Waals surface area contributed by atoms with E-state index in [0.717, 1.165) is 38.5 Å². The van der Waals surface area contributed by atoms with Gasteiger partial charge in [-0.15, -0.1) is 0 Å². The first-order valence-corrected chi connectivity index (χ1v) is 8.66. The molecule has 0 aromatic carbocycles. The molecule has 2 N–H and O–H groups in total. The molecule has 0 spiro atoms. The van der Waals surface area contributed by atoms with E-state index < -0.39 is 12.1 Å². The Labute approximate surface area is 139 Å². The lowest BCUT2D eigenvalue weighted by atomic mass is 10.2. The smallest absolute Gasteiger partial charge is 0.305 e. The number of carboxylic acid groups (broad SMARTS) is 1. The number of carbonyl (C=O) groups excluding carboxylic acids is 1. The second-order valence-corrected chi connectivity index (χ2v) is 5.84. The molecule has 0 bridgehead atoms. The van der Waals surface area contributed by atoms with Gasteiger partial charge in [0.05, 0.1) is 18.8 Å². The molecule has 0 aromatic heterocycles. The quantitative estimate of drug-likeness (QED) is 0.472. The van der Waals surface area contributed by atoms with Crippen LogP contribution in [0.1, 0.15) is 71.6 Å². The molecule has 0 saturated carbocycles. The van der Waals surface area contributed by atoms with Gasteiger partial charge in [-0.2, -0.15) is 0 Å². The van der Waals surface area contributed by atoms with E-state index in [2.05, 4.69) is 13.8 Å². The predicted molar refractivity (Wildman–Crippen MR) is 87.2 cm³/mol. The van der Waals surface area contributed by atoms with Gasteiger partial charge < -0.3 is 19.7 Å². The monoisotopic (exact) mass is 332 g/mol. The Morgan fingerprint density at radius 3 is 2.17 bits per heavy atom. The Morgan fingerprint density at radius 1 is 1.09 bits per heavy atom. The Hall–Kier alpha value is -1.14. The van der Waals surface area contributed by atoms with Gasteiger partial charge in [0.1, 0.15) is 6.61 Å². The van der Waals surface area contributed by atoms with E-state index in [1.165, 1.54) is 0 Å². The molecule has 0 radical (unpaired) electrons. The predicted octanol–water partition coefficient (Wildman–Crippen LogP) is 2.91. The number of unbranched alkanes of at least 4 members (excludes halogenated alkanes) is 4. The fourth-order valence-corrected chi connectivity index (χ4v) is 2.11. The molecule has 1 saturated heterocycles. The second kappa shape index (κ2) is 14.5. The summed E-state index contributed by atoms with van der Waals surface area (Å²) in [6, 6.07) is 0. The number of rotatable bonds is 10. The van der Waals surface area contributed by atoms with Gasteiger partial charge in [-0.3, -0.25) is 9.59 Å². The standard InChI is InChI=1S/C11H20O4.C6H12O2/c1-2-3-4-5-11(13)15-8-10-6-9(12)7-14-10;1-2-3-4-5-6(7)8/h9-10,12H,2-8H2,1H3;2-5H2,1H3,(H,7,8). The molecular formula is C17H32O6. The maximum absolute atomic E-state index is 11.2. The van der Waals surface area contributed by atoms with Gasteiger partial charge >= 0.3 is 11.9 Å². The number of aliphatic hydroxyl groups excluding tert-OH is 1. The summed E-state index contributed by atoms with van der Waals surface area (Å²) in [4.78, 5) is 21.1. The highest BCUT2D eigenvalue weighted by atomic mass is 16.6. The fraction of sp³-hybridized carbons (Fsp3) is 0.882. The molecule has 1 aliphatic heterocycles. The zero-order valence-corrected chi connectivity index (χ0v) is 14.5. The van der Waals surface area contributed by atoms with E-state index in [4.69, 9.17) is 14.6 Å². The van der Waals surface area contributed by atoms with Crippen molar-refractivity contribution in [2.24, 2.45) is 0 Å². The van der Waals surface area contributed by atoms with Crippen molar-refractivity contribution in [1.29, 1.82) is 0 Å². The van der Waals surface area contributed by atoms with Crippen molar-refractivity contribution in [3.63, 3.8) is 0 Å². The minimum Gasteiger partial charge on any atom is -0.481 e. The van der Waals surface area contributed by atoms with Gasteiger partial charge in [0, 0.05) is 19.3 Å². The summed E-state index contributed by atoms with van der Waals surface area (Å²) in [6.07, 6.45) is 6.89. The number of aliphatic carboxylic acids is 1. The van der Waals surface area contributed by atoms with Crippen LogP contribution in [0.5, 0.6) is 0 Å². The Morgan fingerprint density at radius 2 is 1.70 bits per heavy atom. The summed E-state index contributed by atoms with van der Waals surface area (Å²) in [5, 5.41) is 17.3. The molecule has 0 aromatic rings. The van der Waals surface area contributed by atoms with Crippen molar-refractivity contribution < 1.29 is 29.3 Å².